The molecule has 3 rings (SSSR count). The first-order valence-corrected chi connectivity index (χ1v) is 8.08. The van der Waals surface area contributed by atoms with Crippen LogP contribution in [0.5, 0.6) is 5.88 Å². The smallest absolute Gasteiger partial charge is 0.253 e. The molecule has 1 saturated heterocycles. The summed E-state index contributed by atoms with van der Waals surface area (Å²) in [5, 5.41) is 8.80. The van der Waals surface area contributed by atoms with E-state index in [0.29, 0.717) is 50.0 Å². The molecule has 1 aliphatic heterocycles. The van der Waals surface area contributed by atoms with Crippen molar-refractivity contribution >= 4 is 11.9 Å². The number of carbonyl (C=O) groups is 1. The Labute approximate surface area is 146 Å². The lowest BCUT2D eigenvalue weighted by Gasteiger charge is -2.34. The highest BCUT2D eigenvalue weighted by Crippen LogP contribution is 2.16. The molecule has 1 aliphatic rings. The van der Waals surface area contributed by atoms with Crippen molar-refractivity contribution in [2.45, 2.75) is 6.42 Å². The summed E-state index contributed by atoms with van der Waals surface area (Å²) in [6.07, 6.45) is 1.97. The predicted octanol–water partition coefficient (Wildman–Crippen LogP) is 1.51. The largest absolute Gasteiger partial charge is 0.481 e. The first-order chi connectivity index (χ1) is 12.2. The molecular weight excluding hydrogens is 318 g/mol. The van der Waals surface area contributed by atoms with E-state index in [1.165, 1.54) is 0 Å². The van der Waals surface area contributed by atoms with Gasteiger partial charge in [0.1, 0.15) is 0 Å². The topological polar surface area (TPSA) is 82.4 Å². The normalized spacial score (nSPS) is 14.1. The zero-order valence-electron chi connectivity index (χ0n) is 14.1. The highest BCUT2D eigenvalue weighted by Gasteiger charge is 2.23. The number of aromatic nitrogens is 2. The fourth-order valence-electron chi connectivity index (χ4n) is 2.80. The molecule has 0 saturated carbocycles. The van der Waals surface area contributed by atoms with E-state index in [1.54, 1.807) is 31.5 Å². The van der Waals surface area contributed by atoms with E-state index in [0.717, 1.165) is 5.56 Å². The molecule has 0 spiro atoms. The Morgan fingerprint density at radius 3 is 2.80 bits per heavy atom. The Bertz CT molecular complexity index is 794. The molecule has 7 heteroatoms. The molecule has 128 valence electrons. The number of nitriles is 1. The highest BCUT2D eigenvalue weighted by molar-refractivity contribution is 5.94. The minimum Gasteiger partial charge on any atom is -0.481 e. The van der Waals surface area contributed by atoms with Crippen LogP contribution in [0.15, 0.2) is 36.5 Å². The predicted molar refractivity (Wildman–Crippen MR) is 92.5 cm³/mol. The molecule has 7 nitrogen and oxygen atoms in total. The summed E-state index contributed by atoms with van der Waals surface area (Å²) in [6, 6.07) is 11.1. The molecule has 0 radical (unpaired) electrons. The van der Waals surface area contributed by atoms with Crippen LogP contribution in [0.2, 0.25) is 0 Å². The molecule has 1 aromatic carbocycles. The van der Waals surface area contributed by atoms with Gasteiger partial charge in [0.2, 0.25) is 11.8 Å². The summed E-state index contributed by atoms with van der Waals surface area (Å²) >= 11 is 0. The van der Waals surface area contributed by atoms with Crippen LogP contribution in [0.3, 0.4) is 0 Å². The van der Waals surface area contributed by atoms with Crippen LogP contribution in [0, 0.1) is 11.3 Å². The van der Waals surface area contributed by atoms with Crippen LogP contribution in [0.1, 0.15) is 15.9 Å². The molecule has 1 fully saturated rings. The zero-order chi connectivity index (χ0) is 17.6. The third kappa shape index (κ3) is 3.86. The van der Waals surface area contributed by atoms with E-state index in [2.05, 4.69) is 16.0 Å². The summed E-state index contributed by atoms with van der Waals surface area (Å²) in [6.45, 7) is 2.53. The number of amides is 1. The number of benzene rings is 1. The Balaban J connectivity index is 1.64. The zero-order valence-corrected chi connectivity index (χ0v) is 14.1. The van der Waals surface area contributed by atoms with Gasteiger partial charge in [-0.1, -0.05) is 12.1 Å². The van der Waals surface area contributed by atoms with E-state index in [1.807, 2.05) is 21.9 Å². The highest BCUT2D eigenvalue weighted by atomic mass is 16.5. The molecule has 0 N–H and O–H groups in total. The second kappa shape index (κ2) is 7.62. The maximum absolute atomic E-state index is 12.7. The van der Waals surface area contributed by atoms with Gasteiger partial charge in [-0.15, -0.1) is 0 Å². The fourth-order valence-corrected chi connectivity index (χ4v) is 2.80. The summed E-state index contributed by atoms with van der Waals surface area (Å²) in [7, 11) is 1.57. The van der Waals surface area contributed by atoms with E-state index in [-0.39, 0.29) is 5.91 Å². The molecular formula is C18H19N5O2. The summed E-state index contributed by atoms with van der Waals surface area (Å²) in [4.78, 5) is 25.1. The molecule has 1 aromatic heterocycles. The molecule has 0 bridgehead atoms. The minimum absolute atomic E-state index is 0.00833. The van der Waals surface area contributed by atoms with Gasteiger partial charge < -0.3 is 14.5 Å². The number of hydrogen-bond donors (Lipinski definition) is 0. The SMILES string of the molecule is COc1ccnc(N2CCN(C(=O)c3cccc(CC#N)c3)CC2)n1. The monoisotopic (exact) mass is 337 g/mol. The summed E-state index contributed by atoms with van der Waals surface area (Å²) < 4.78 is 5.13. The molecule has 25 heavy (non-hydrogen) atoms. The van der Waals surface area contributed by atoms with Crippen LogP contribution in [0.4, 0.5) is 5.95 Å². The van der Waals surface area contributed by atoms with Crippen molar-refractivity contribution in [3.63, 3.8) is 0 Å². The lowest BCUT2D eigenvalue weighted by Crippen LogP contribution is -2.49. The van der Waals surface area contributed by atoms with Crippen molar-refractivity contribution in [3.05, 3.63) is 47.7 Å². The van der Waals surface area contributed by atoms with Crippen LogP contribution in [-0.2, 0) is 6.42 Å². The van der Waals surface area contributed by atoms with Crippen molar-refractivity contribution in [2.75, 3.05) is 38.2 Å². The van der Waals surface area contributed by atoms with E-state index in [9.17, 15) is 4.79 Å². The van der Waals surface area contributed by atoms with Gasteiger partial charge in [-0.05, 0) is 17.7 Å². The molecule has 0 atom stereocenters. The average molecular weight is 337 g/mol. The number of piperazine rings is 1. The second-order valence-corrected chi connectivity index (χ2v) is 5.71. The van der Waals surface area contributed by atoms with Crippen molar-refractivity contribution in [2.24, 2.45) is 0 Å². The van der Waals surface area contributed by atoms with Gasteiger partial charge in [0, 0.05) is 44.0 Å². The average Bonchev–Trinajstić information content (AvgIpc) is 2.68. The Morgan fingerprint density at radius 2 is 2.08 bits per heavy atom. The van der Waals surface area contributed by atoms with Gasteiger partial charge in [-0.25, -0.2) is 4.98 Å². The maximum atomic E-state index is 12.7. The van der Waals surface area contributed by atoms with E-state index in [4.69, 9.17) is 10.00 Å². The van der Waals surface area contributed by atoms with Gasteiger partial charge in [-0.2, -0.15) is 10.2 Å². The lowest BCUT2D eigenvalue weighted by atomic mass is 10.1. The van der Waals surface area contributed by atoms with Crippen LogP contribution < -0.4 is 9.64 Å². The standard InChI is InChI=1S/C18H19N5O2/c1-25-16-6-8-20-18(21-16)23-11-9-22(10-12-23)17(24)15-4-2-3-14(13-15)5-7-19/h2-4,6,8,13H,5,9-12H2,1H3. The number of anilines is 1. The quantitative estimate of drug-likeness (QED) is 0.841. The number of rotatable bonds is 4. The first-order valence-electron chi connectivity index (χ1n) is 8.08. The van der Waals surface area contributed by atoms with E-state index >= 15 is 0 Å². The molecule has 2 aromatic rings. The number of nitrogens with zero attached hydrogens (tertiary/aromatic N) is 5. The Hall–Kier alpha value is -3.14. The number of hydrogen-bond acceptors (Lipinski definition) is 6. The van der Waals surface area contributed by atoms with Gasteiger partial charge >= 0.3 is 0 Å². The minimum atomic E-state index is -0.00833. The fraction of sp³-hybridized carbons (Fsp3) is 0.333. The van der Waals surface area contributed by atoms with Gasteiger partial charge in [0.15, 0.2) is 0 Å². The third-order valence-electron chi connectivity index (χ3n) is 4.13. The molecule has 0 aliphatic carbocycles. The summed E-state index contributed by atoms with van der Waals surface area (Å²) in [5.74, 6) is 1.13. The lowest BCUT2D eigenvalue weighted by molar-refractivity contribution is 0.0746. The second-order valence-electron chi connectivity index (χ2n) is 5.71. The van der Waals surface area contributed by atoms with Crippen LogP contribution in [-0.4, -0.2) is 54.1 Å². The molecule has 0 unspecified atom stereocenters. The number of ether oxygens (including phenoxy) is 1. The maximum Gasteiger partial charge on any atom is 0.253 e. The van der Waals surface area contributed by atoms with Gasteiger partial charge in [-0.3, -0.25) is 4.79 Å². The number of methoxy groups -OCH3 is 1. The van der Waals surface area contributed by atoms with Gasteiger partial charge in [0.25, 0.3) is 5.91 Å². The van der Waals surface area contributed by atoms with Crippen molar-refractivity contribution in [1.29, 1.82) is 5.26 Å². The summed E-state index contributed by atoms with van der Waals surface area (Å²) in [5.41, 5.74) is 1.48. The first kappa shape index (κ1) is 16.7. The van der Waals surface area contributed by atoms with Crippen molar-refractivity contribution in [1.82, 2.24) is 14.9 Å². The third-order valence-corrected chi connectivity index (χ3v) is 4.13. The Kier molecular flexibility index (Phi) is 5.09. The van der Waals surface area contributed by atoms with E-state index < -0.39 is 0 Å². The van der Waals surface area contributed by atoms with Crippen LogP contribution >= 0.6 is 0 Å². The van der Waals surface area contributed by atoms with Crippen LogP contribution in [0.25, 0.3) is 0 Å². The van der Waals surface area contributed by atoms with Gasteiger partial charge in [0.05, 0.1) is 19.6 Å². The van der Waals surface area contributed by atoms with Crippen molar-refractivity contribution < 1.29 is 9.53 Å². The number of carbonyl (C=O) groups excluding carboxylic acids is 1. The Morgan fingerprint density at radius 1 is 1.28 bits per heavy atom. The molecule has 1 amide bonds. The van der Waals surface area contributed by atoms with Crippen molar-refractivity contribution in [3.8, 4) is 11.9 Å². The molecule has 2 heterocycles.